The smallest absolute Gasteiger partial charge is 0.0357 e. The molecule has 0 unspecified atom stereocenters. The van der Waals surface area contributed by atoms with Crippen molar-refractivity contribution in [3.63, 3.8) is 0 Å². The molecule has 1 radical (unpaired) electrons. The van der Waals surface area contributed by atoms with Crippen LogP contribution in [0.4, 0.5) is 0 Å². The SMILES string of the molecule is [CH2]CCC(C)(C)CC. The van der Waals surface area contributed by atoms with E-state index in [1.54, 1.807) is 0 Å². The molecule has 0 aliphatic heterocycles. The average Bonchev–Trinajstić information content (AvgIpc) is 1.67. The molecule has 0 saturated carbocycles. The van der Waals surface area contributed by atoms with Gasteiger partial charge in [-0.3, -0.25) is 0 Å². The van der Waals surface area contributed by atoms with Gasteiger partial charge in [-0.1, -0.05) is 40.5 Å². The van der Waals surface area contributed by atoms with Crippen LogP contribution < -0.4 is 0 Å². The maximum Gasteiger partial charge on any atom is -0.0357 e. The van der Waals surface area contributed by atoms with E-state index < -0.39 is 0 Å². The van der Waals surface area contributed by atoms with Crippen LogP contribution >= 0.6 is 0 Å². The van der Waals surface area contributed by atoms with Crippen LogP contribution in [0.15, 0.2) is 0 Å². The van der Waals surface area contributed by atoms with E-state index in [1.807, 2.05) is 0 Å². The Labute approximate surface area is 53.3 Å². The van der Waals surface area contributed by atoms with Gasteiger partial charge in [0.25, 0.3) is 0 Å². The number of rotatable bonds is 3. The first-order valence-corrected chi connectivity index (χ1v) is 3.41. The molecule has 49 valence electrons. The summed E-state index contributed by atoms with van der Waals surface area (Å²) < 4.78 is 0. The fourth-order valence-corrected chi connectivity index (χ4v) is 0.655. The highest BCUT2D eigenvalue weighted by molar-refractivity contribution is 4.65. The number of hydrogen-bond acceptors (Lipinski definition) is 0. The van der Waals surface area contributed by atoms with Crippen LogP contribution in [0.5, 0.6) is 0 Å². The van der Waals surface area contributed by atoms with Gasteiger partial charge in [-0.25, -0.2) is 0 Å². The van der Waals surface area contributed by atoms with E-state index >= 15 is 0 Å². The van der Waals surface area contributed by atoms with Crippen LogP contribution in [0.1, 0.15) is 40.0 Å². The molecule has 0 amide bonds. The lowest BCUT2D eigenvalue weighted by Crippen LogP contribution is -2.07. The third kappa shape index (κ3) is 3.06. The highest BCUT2D eigenvalue weighted by Crippen LogP contribution is 2.25. The van der Waals surface area contributed by atoms with E-state index in [9.17, 15) is 0 Å². The van der Waals surface area contributed by atoms with Crippen LogP contribution in [0.25, 0.3) is 0 Å². The quantitative estimate of drug-likeness (QED) is 0.527. The monoisotopic (exact) mass is 113 g/mol. The molecule has 0 fully saturated rings. The average molecular weight is 113 g/mol. The third-order valence-electron chi connectivity index (χ3n) is 1.81. The molecule has 0 aromatic rings. The maximum atomic E-state index is 3.82. The Hall–Kier alpha value is 0. The first-order chi connectivity index (χ1) is 3.62. The lowest BCUT2D eigenvalue weighted by Gasteiger charge is -2.20. The second kappa shape index (κ2) is 3.11. The lowest BCUT2D eigenvalue weighted by atomic mass is 9.86. The zero-order chi connectivity index (χ0) is 6.62. The Bertz CT molecular complexity index is 53.1. The van der Waals surface area contributed by atoms with Gasteiger partial charge in [-0.05, 0) is 11.8 Å². The third-order valence-corrected chi connectivity index (χ3v) is 1.81. The normalized spacial score (nSPS) is 12.0. The van der Waals surface area contributed by atoms with Crippen LogP contribution in [0.3, 0.4) is 0 Å². The molecule has 0 rings (SSSR count). The van der Waals surface area contributed by atoms with Crippen molar-refractivity contribution < 1.29 is 0 Å². The van der Waals surface area contributed by atoms with E-state index in [2.05, 4.69) is 27.7 Å². The van der Waals surface area contributed by atoms with Crippen molar-refractivity contribution >= 4 is 0 Å². The van der Waals surface area contributed by atoms with E-state index in [0.29, 0.717) is 5.41 Å². The molecule has 0 aromatic carbocycles. The summed E-state index contributed by atoms with van der Waals surface area (Å²) in [5, 5.41) is 0. The summed E-state index contributed by atoms with van der Waals surface area (Å²) in [6.07, 6.45) is 3.59. The summed E-state index contributed by atoms with van der Waals surface area (Å²) in [5.74, 6) is 0. The van der Waals surface area contributed by atoms with Crippen LogP contribution in [-0.4, -0.2) is 0 Å². The molecule has 0 heterocycles. The van der Waals surface area contributed by atoms with Gasteiger partial charge in [0.2, 0.25) is 0 Å². The second-order valence-electron chi connectivity index (χ2n) is 3.12. The molecular weight excluding hydrogens is 96.1 g/mol. The zero-order valence-corrected chi connectivity index (χ0v) is 6.33. The highest BCUT2D eigenvalue weighted by Gasteiger charge is 2.11. The van der Waals surface area contributed by atoms with Crippen molar-refractivity contribution in [2.24, 2.45) is 5.41 Å². The predicted molar refractivity (Wildman–Crippen MR) is 38.7 cm³/mol. The minimum atomic E-state index is 0.530. The Morgan fingerprint density at radius 2 is 1.88 bits per heavy atom. The fourth-order valence-electron chi connectivity index (χ4n) is 0.655. The van der Waals surface area contributed by atoms with Gasteiger partial charge in [-0.2, -0.15) is 0 Å². The van der Waals surface area contributed by atoms with Crippen LogP contribution in [-0.2, 0) is 0 Å². The van der Waals surface area contributed by atoms with Gasteiger partial charge in [0.05, 0.1) is 0 Å². The lowest BCUT2D eigenvalue weighted by molar-refractivity contribution is 0.324. The Morgan fingerprint density at radius 1 is 1.38 bits per heavy atom. The first kappa shape index (κ1) is 8.00. The van der Waals surface area contributed by atoms with Crippen molar-refractivity contribution in [3.05, 3.63) is 6.92 Å². The predicted octanol–water partition coefficient (Wildman–Crippen LogP) is 3.04. The van der Waals surface area contributed by atoms with Gasteiger partial charge in [0.1, 0.15) is 0 Å². The molecule has 0 aliphatic rings. The molecular formula is C8H17. The van der Waals surface area contributed by atoms with E-state index in [1.165, 1.54) is 12.8 Å². The summed E-state index contributed by atoms with van der Waals surface area (Å²) >= 11 is 0. The van der Waals surface area contributed by atoms with Gasteiger partial charge in [0.15, 0.2) is 0 Å². The Balaban J connectivity index is 3.37. The molecule has 0 saturated heterocycles. The van der Waals surface area contributed by atoms with E-state index in [4.69, 9.17) is 0 Å². The molecule has 0 bridgehead atoms. The summed E-state index contributed by atoms with van der Waals surface area (Å²) in [6.45, 7) is 10.6. The summed E-state index contributed by atoms with van der Waals surface area (Å²) in [6, 6.07) is 0. The van der Waals surface area contributed by atoms with Crippen molar-refractivity contribution in [1.82, 2.24) is 0 Å². The molecule has 8 heavy (non-hydrogen) atoms. The molecule has 0 atom stereocenters. The number of hydrogen-bond donors (Lipinski definition) is 0. The topological polar surface area (TPSA) is 0 Å². The first-order valence-electron chi connectivity index (χ1n) is 3.41. The second-order valence-corrected chi connectivity index (χ2v) is 3.12. The zero-order valence-electron chi connectivity index (χ0n) is 6.33. The van der Waals surface area contributed by atoms with Gasteiger partial charge in [0, 0.05) is 0 Å². The van der Waals surface area contributed by atoms with Crippen molar-refractivity contribution in [2.45, 2.75) is 40.0 Å². The largest absolute Gasteiger partial charge is 0.0649 e. The highest BCUT2D eigenvalue weighted by atomic mass is 14.2. The van der Waals surface area contributed by atoms with E-state index in [0.717, 1.165) is 6.42 Å². The molecule has 0 nitrogen and oxygen atoms in total. The van der Waals surface area contributed by atoms with Crippen LogP contribution in [0, 0.1) is 12.3 Å². The van der Waals surface area contributed by atoms with Gasteiger partial charge in [-0.15, -0.1) is 0 Å². The molecule has 0 N–H and O–H groups in total. The molecule has 0 spiro atoms. The van der Waals surface area contributed by atoms with Crippen LogP contribution in [0.2, 0.25) is 0 Å². The van der Waals surface area contributed by atoms with Crippen molar-refractivity contribution in [3.8, 4) is 0 Å². The Kier molecular flexibility index (Phi) is 3.11. The van der Waals surface area contributed by atoms with Gasteiger partial charge < -0.3 is 0 Å². The minimum absolute atomic E-state index is 0.530. The fraction of sp³-hybridized carbons (Fsp3) is 0.875. The molecule has 0 aromatic heterocycles. The maximum absolute atomic E-state index is 3.82. The van der Waals surface area contributed by atoms with E-state index in [-0.39, 0.29) is 0 Å². The summed E-state index contributed by atoms with van der Waals surface area (Å²) in [7, 11) is 0. The van der Waals surface area contributed by atoms with Crippen molar-refractivity contribution in [1.29, 1.82) is 0 Å². The van der Waals surface area contributed by atoms with Crippen molar-refractivity contribution in [2.75, 3.05) is 0 Å². The summed E-state index contributed by atoms with van der Waals surface area (Å²) in [5.41, 5.74) is 0.530. The molecule has 0 aliphatic carbocycles. The minimum Gasteiger partial charge on any atom is -0.0649 e. The van der Waals surface area contributed by atoms with Gasteiger partial charge >= 0.3 is 0 Å². The summed E-state index contributed by atoms with van der Waals surface area (Å²) in [4.78, 5) is 0. The Morgan fingerprint density at radius 3 is 2.00 bits per heavy atom. The molecule has 0 heteroatoms. The standard InChI is InChI=1S/C8H17/c1-5-7-8(3,4)6-2/h1,5-7H2,2-4H3.